The zero-order chi connectivity index (χ0) is 16.4. The summed E-state index contributed by atoms with van der Waals surface area (Å²) in [4.78, 5) is 0.116. The van der Waals surface area contributed by atoms with Gasteiger partial charge in [-0.15, -0.1) is 0 Å². The first-order valence-electron chi connectivity index (χ1n) is 7.03. The molecule has 0 heterocycles. The fraction of sp³-hybridized carbons (Fsp3) is 0.571. The van der Waals surface area contributed by atoms with Crippen LogP contribution in [0.3, 0.4) is 0 Å². The number of nitrogens with two attached hydrogens (primary N) is 1. The van der Waals surface area contributed by atoms with E-state index in [1.165, 1.54) is 20.3 Å². The van der Waals surface area contributed by atoms with Crippen molar-refractivity contribution in [1.29, 1.82) is 0 Å². The molecule has 22 heavy (non-hydrogen) atoms. The molecule has 0 aromatic heterocycles. The highest BCUT2D eigenvalue weighted by Gasteiger charge is 2.37. The van der Waals surface area contributed by atoms with Crippen LogP contribution < -0.4 is 19.9 Å². The second-order valence-corrected chi connectivity index (χ2v) is 7.94. The molecule has 0 radical (unpaired) electrons. The van der Waals surface area contributed by atoms with Gasteiger partial charge in [-0.1, -0.05) is 12.8 Å². The van der Waals surface area contributed by atoms with Crippen molar-refractivity contribution in [3.8, 4) is 11.5 Å². The lowest BCUT2D eigenvalue weighted by Gasteiger charge is -2.28. The molecular weight excluding hydrogens is 372 g/mol. The smallest absolute Gasteiger partial charge is 0.242 e. The summed E-state index contributed by atoms with van der Waals surface area (Å²) in [7, 11) is -0.750. The van der Waals surface area contributed by atoms with Crippen molar-refractivity contribution >= 4 is 26.0 Å². The maximum Gasteiger partial charge on any atom is 0.242 e. The van der Waals surface area contributed by atoms with Gasteiger partial charge in [-0.3, -0.25) is 0 Å². The summed E-state index contributed by atoms with van der Waals surface area (Å²) in [6.45, 7) is 0.289. The van der Waals surface area contributed by atoms with E-state index < -0.39 is 15.6 Å². The van der Waals surface area contributed by atoms with Crippen molar-refractivity contribution in [1.82, 2.24) is 4.72 Å². The molecule has 1 aromatic carbocycles. The predicted molar refractivity (Wildman–Crippen MR) is 87.8 cm³/mol. The Kier molecular flexibility index (Phi) is 5.37. The molecule has 0 saturated heterocycles. The Hall–Kier alpha value is -0.830. The first-order valence-corrected chi connectivity index (χ1v) is 9.31. The van der Waals surface area contributed by atoms with Gasteiger partial charge in [0.05, 0.1) is 14.2 Å². The molecule has 3 N–H and O–H groups in total. The van der Waals surface area contributed by atoms with Gasteiger partial charge in [-0.25, -0.2) is 13.1 Å². The van der Waals surface area contributed by atoms with E-state index in [4.69, 9.17) is 15.2 Å². The molecule has 8 heteroatoms. The summed E-state index contributed by atoms with van der Waals surface area (Å²) >= 11 is 3.29. The van der Waals surface area contributed by atoms with Gasteiger partial charge in [0.2, 0.25) is 10.0 Å². The molecule has 0 amide bonds. The summed E-state index contributed by atoms with van der Waals surface area (Å²) in [6, 6.07) is 3.03. The van der Waals surface area contributed by atoms with Crippen molar-refractivity contribution in [2.45, 2.75) is 36.1 Å². The quantitative estimate of drug-likeness (QED) is 0.772. The van der Waals surface area contributed by atoms with Crippen LogP contribution in [-0.4, -0.2) is 34.7 Å². The second-order valence-electron chi connectivity index (χ2n) is 5.43. The highest BCUT2D eigenvalue weighted by atomic mass is 79.9. The van der Waals surface area contributed by atoms with Crippen molar-refractivity contribution in [2.24, 2.45) is 5.73 Å². The molecule has 0 spiro atoms. The highest BCUT2D eigenvalue weighted by molar-refractivity contribution is 9.10. The molecule has 1 fully saturated rings. The number of ether oxygens (including phenoxy) is 2. The van der Waals surface area contributed by atoms with Crippen LogP contribution in [0.5, 0.6) is 11.5 Å². The normalized spacial score (nSPS) is 17.5. The number of hydrogen-bond donors (Lipinski definition) is 2. The lowest BCUT2D eigenvalue weighted by Crippen LogP contribution is -2.51. The number of benzene rings is 1. The van der Waals surface area contributed by atoms with Crippen LogP contribution in [0, 0.1) is 0 Å². The fourth-order valence-corrected chi connectivity index (χ4v) is 5.29. The summed E-state index contributed by atoms with van der Waals surface area (Å²) in [6.07, 6.45) is 3.47. The van der Waals surface area contributed by atoms with E-state index in [1.54, 1.807) is 6.07 Å². The monoisotopic (exact) mass is 392 g/mol. The van der Waals surface area contributed by atoms with Gasteiger partial charge >= 0.3 is 0 Å². The van der Waals surface area contributed by atoms with E-state index >= 15 is 0 Å². The Morgan fingerprint density at radius 3 is 2.27 bits per heavy atom. The Balaban J connectivity index is 2.41. The van der Waals surface area contributed by atoms with Crippen LogP contribution in [0.15, 0.2) is 21.5 Å². The highest BCUT2D eigenvalue weighted by Crippen LogP contribution is 2.37. The Labute approximate surface area is 139 Å². The molecule has 1 aromatic rings. The second kappa shape index (κ2) is 6.74. The van der Waals surface area contributed by atoms with E-state index in [0.29, 0.717) is 16.0 Å². The van der Waals surface area contributed by atoms with Crippen molar-refractivity contribution in [2.75, 3.05) is 20.8 Å². The van der Waals surface area contributed by atoms with Crippen LogP contribution in [0.1, 0.15) is 25.7 Å². The summed E-state index contributed by atoms with van der Waals surface area (Å²) in [5.41, 5.74) is 5.26. The van der Waals surface area contributed by atoms with Crippen LogP contribution >= 0.6 is 15.9 Å². The number of methoxy groups -OCH3 is 2. The van der Waals surface area contributed by atoms with E-state index in [0.717, 1.165) is 25.7 Å². The zero-order valence-electron chi connectivity index (χ0n) is 12.7. The third-order valence-corrected chi connectivity index (χ3v) is 6.57. The number of nitrogens with one attached hydrogen (secondary N) is 1. The summed E-state index contributed by atoms with van der Waals surface area (Å²) in [5.74, 6) is 0.821. The lowest BCUT2D eigenvalue weighted by atomic mass is 10.0. The van der Waals surface area contributed by atoms with Gasteiger partial charge in [0.1, 0.15) is 4.90 Å². The van der Waals surface area contributed by atoms with Gasteiger partial charge in [0.15, 0.2) is 11.5 Å². The summed E-state index contributed by atoms with van der Waals surface area (Å²) in [5, 5.41) is 0. The van der Waals surface area contributed by atoms with E-state index in [-0.39, 0.29) is 11.4 Å². The molecule has 6 nitrogen and oxygen atoms in total. The van der Waals surface area contributed by atoms with Gasteiger partial charge < -0.3 is 15.2 Å². The fourth-order valence-electron chi connectivity index (χ4n) is 2.78. The van der Waals surface area contributed by atoms with E-state index in [9.17, 15) is 8.42 Å². The average molecular weight is 393 g/mol. The van der Waals surface area contributed by atoms with Gasteiger partial charge in [0, 0.05) is 22.6 Å². The first-order chi connectivity index (χ1) is 10.4. The maximum absolute atomic E-state index is 12.7. The predicted octanol–water partition coefficient (Wildman–Crippen LogP) is 2.02. The SMILES string of the molecule is COc1cc(Br)c(S(=O)(=O)NC2(CN)CCCC2)cc1OC. The average Bonchev–Trinajstić information content (AvgIpc) is 2.94. The topological polar surface area (TPSA) is 90.7 Å². The van der Waals surface area contributed by atoms with Crippen molar-refractivity contribution in [3.05, 3.63) is 16.6 Å². The molecule has 1 aliphatic carbocycles. The third-order valence-electron chi connectivity index (χ3n) is 4.03. The van der Waals surface area contributed by atoms with Crippen LogP contribution in [-0.2, 0) is 10.0 Å². The number of rotatable bonds is 6. The molecule has 2 rings (SSSR count). The van der Waals surface area contributed by atoms with Crippen LogP contribution in [0.25, 0.3) is 0 Å². The Bertz CT molecular complexity index is 642. The molecular formula is C14H21BrN2O4S. The third kappa shape index (κ3) is 3.40. The summed E-state index contributed by atoms with van der Waals surface area (Å²) < 4.78 is 39.1. The molecule has 0 atom stereocenters. The molecule has 0 aliphatic heterocycles. The first kappa shape index (κ1) is 17.5. The minimum Gasteiger partial charge on any atom is -0.493 e. The van der Waals surface area contributed by atoms with Crippen molar-refractivity contribution < 1.29 is 17.9 Å². The van der Waals surface area contributed by atoms with Crippen molar-refractivity contribution in [3.63, 3.8) is 0 Å². The van der Waals surface area contributed by atoms with Gasteiger partial charge in [0.25, 0.3) is 0 Å². The van der Waals surface area contributed by atoms with Crippen LogP contribution in [0.4, 0.5) is 0 Å². The maximum atomic E-state index is 12.7. The van der Waals surface area contributed by atoms with E-state index in [1.807, 2.05) is 0 Å². The standard InChI is InChI=1S/C14H21BrN2O4S/c1-20-11-7-10(15)13(8-12(11)21-2)22(18,19)17-14(9-16)5-3-4-6-14/h7-8,17H,3-6,9,16H2,1-2H3. The van der Waals surface area contributed by atoms with Gasteiger partial charge in [-0.2, -0.15) is 0 Å². The number of halogens is 1. The molecule has 1 aliphatic rings. The number of hydrogen-bond acceptors (Lipinski definition) is 5. The molecule has 1 saturated carbocycles. The Morgan fingerprint density at radius 2 is 1.77 bits per heavy atom. The molecule has 0 bridgehead atoms. The van der Waals surface area contributed by atoms with E-state index in [2.05, 4.69) is 20.7 Å². The van der Waals surface area contributed by atoms with Gasteiger partial charge in [-0.05, 0) is 34.8 Å². The number of sulfonamides is 1. The molecule has 0 unspecified atom stereocenters. The zero-order valence-corrected chi connectivity index (χ0v) is 15.1. The minimum absolute atomic E-state index is 0.116. The largest absolute Gasteiger partial charge is 0.493 e. The Morgan fingerprint density at radius 1 is 1.23 bits per heavy atom. The lowest BCUT2D eigenvalue weighted by molar-refractivity contribution is 0.353. The van der Waals surface area contributed by atoms with Crippen LogP contribution in [0.2, 0.25) is 0 Å². The minimum atomic E-state index is -3.71. The molecule has 124 valence electrons.